The van der Waals surface area contributed by atoms with Crippen LogP contribution in [0.3, 0.4) is 0 Å². The Morgan fingerprint density at radius 3 is 2.74 bits per heavy atom. The fourth-order valence-electron chi connectivity index (χ4n) is 2.34. The third-order valence-electron chi connectivity index (χ3n) is 3.62. The van der Waals surface area contributed by atoms with Crippen molar-refractivity contribution in [3.8, 4) is 11.3 Å². The minimum absolute atomic E-state index is 0.136. The largest absolute Gasteiger partial charge is 0.343 e. The summed E-state index contributed by atoms with van der Waals surface area (Å²) in [7, 11) is 0. The van der Waals surface area contributed by atoms with Crippen molar-refractivity contribution in [3.63, 3.8) is 0 Å². The van der Waals surface area contributed by atoms with Crippen LogP contribution >= 0.6 is 0 Å². The number of halogens is 1. The van der Waals surface area contributed by atoms with Crippen LogP contribution in [0.5, 0.6) is 0 Å². The lowest BCUT2D eigenvalue weighted by molar-refractivity contribution is -0.120. The summed E-state index contributed by atoms with van der Waals surface area (Å²) in [6.07, 6.45) is 3.04. The molecule has 0 bridgehead atoms. The van der Waals surface area contributed by atoms with Gasteiger partial charge in [-0.2, -0.15) is 10.2 Å². The van der Waals surface area contributed by atoms with Gasteiger partial charge in [-0.05, 0) is 18.2 Å². The molecule has 8 heteroatoms. The van der Waals surface area contributed by atoms with E-state index < -0.39 is 17.6 Å². The molecule has 136 valence electrons. The van der Waals surface area contributed by atoms with Crippen molar-refractivity contribution in [1.82, 2.24) is 20.9 Å². The van der Waals surface area contributed by atoms with Crippen LogP contribution in [0.25, 0.3) is 11.3 Å². The zero-order valence-corrected chi connectivity index (χ0v) is 14.1. The summed E-state index contributed by atoms with van der Waals surface area (Å²) in [5, 5.41) is 13.1. The van der Waals surface area contributed by atoms with Crippen molar-refractivity contribution >= 4 is 18.0 Å². The van der Waals surface area contributed by atoms with Gasteiger partial charge in [-0.15, -0.1) is 0 Å². The Morgan fingerprint density at radius 1 is 1.15 bits per heavy atom. The number of rotatable bonds is 6. The van der Waals surface area contributed by atoms with Crippen LogP contribution in [0.2, 0.25) is 0 Å². The Labute approximate surface area is 154 Å². The maximum atomic E-state index is 13.1. The second-order valence-corrected chi connectivity index (χ2v) is 5.55. The SMILES string of the molecule is O=C(CNC(=O)c1cccc(F)c1)N/N=C/c1cn[nH]c1-c1ccccc1. The van der Waals surface area contributed by atoms with E-state index in [0.29, 0.717) is 5.56 Å². The zero-order chi connectivity index (χ0) is 19.1. The summed E-state index contributed by atoms with van der Waals surface area (Å²) >= 11 is 0. The maximum Gasteiger partial charge on any atom is 0.259 e. The Morgan fingerprint density at radius 2 is 1.96 bits per heavy atom. The number of hydrazone groups is 1. The topological polar surface area (TPSA) is 99.2 Å². The Bertz CT molecular complexity index is 969. The molecule has 3 aromatic rings. The summed E-state index contributed by atoms with van der Waals surface area (Å²) in [6.45, 7) is -0.288. The molecule has 0 unspecified atom stereocenters. The first kappa shape index (κ1) is 18.0. The molecule has 0 aliphatic carbocycles. The number of nitrogens with zero attached hydrogens (tertiary/aromatic N) is 2. The van der Waals surface area contributed by atoms with E-state index in [2.05, 4.69) is 26.0 Å². The number of benzene rings is 2. The van der Waals surface area contributed by atoms with Crippen LogP contribution in [0.15, 0.2) is 65.9 Å². The van der Waals surface area contributed by atoms with Crippen molar-refractivity contribution in [2.24, 2.45) is 5.10 Å². The third-order valence-corrected chi connectivity index (χ3v) is 3.62. The first-order valence-corrected chi connectivity index (χ1v) is 8.08. The zero-order valence-electron chi connectivity index (χ0n) is 14.1. The Kier molecular flexibility index (Phi) is 5.68. The predicted octanol–water partition coefficient (Wildman–Crippen LogP) is 2.10. The molecule has 0 aliphatic heterocycles. The highest BCUT2D eigenvalue weighted by atomic mass is 19.1. The molecule has 0 aliphatic rings. The summed E-state index contributed by atoms with van der Waals surface area (Å²) in [4.78, 5) is 23.6. The van der Waals surface area contributed by atoms with Gasteiger partial charge in [0.15, 0.2) is 0 Å². The average molecular weight is 365 g/mol. The molecule has 0 atom stereocenters. The molecule has 2 amide bonds. The normalized spacial score (nSPS) is 10.7. The van der Waals surface area contributed by atoms with E-state index in [4.69, 9.17) is 0 Å². The molecule has 3 N–H and O–H groups in total. The van der Waals surface area contributed by atoms with Crippen LogP contribution in [0, 0.1) is 5.82 Å². The minimum atomic E-state index is -0.546. The molecule has 0 saturated heterocycles. The predicted molar refractivity (Wildman–Crippen MR) is 98.5 cm³/mol. The van der Waals surface area contributed by atoms with Crippen molar-refractivity contribution in [2.45, 2.75) is 0 Å². The standard InChI is InChI=1S/C19H16FN5O2/c20-16-8-4-7-14(9-16)19(27)21-12-17(26)24-22-10-15-11-23-25-18(15)13-5-2-1-3-6-13/h1-11H,12H2,(H,21,27)(H,23,25)(H,24,26)/b22-10+. The molecule has 1 heterocycles. The molecule has 7 nitrogen and oxygen atoms in total. The van der Waals surface area contributed by atoms with Crippen molar-refractivity contribution in [2.75, 3.05) is 6.54 Å². The molecule has 0 saturated carbocycles. The smallest absolute Gasteiger partial charge is 0.259 e. The Balaban J connectivity index is 1.53. The lowest BCUT2D eigenvalue weighted by Gasteiger charge is -2.04. The Hall–Kier alpha value is -3.81. The number of hydrogen-bond acceptors (Lipinski definition) is 4. The van der Waals surface area contributed by atoms with Gasteiger partial charge in [0.25, 0.3) is 11.8 Å². The minimum Gasteiger partial charge on any atom is -0.343 e. The van der Waals surface area contributed by atoms with Gasteiger partial charge in [-0.25, -0.2) is 9.82 Å². The van der Waals surface area contributed by atoms with E-state index in [0.717, 1.165) is 17.3 Å². The van der Waals surface area contributed by atoms with Gasteiger partial charge in [0.05, 0.1) is 24.7 Å². The van der Waals surface area contributed by atoms with Crippen LogP contribution in [-0.4, -0.2) is 34.8 Å². The highest BCUT2D eigenvalue weighted by Crippen LogP contribution is 2.18. The first-order valence-electron chi connectivity index (χ1n) is 8.08. The van der Waals surface area contributed by atoms with Crippen LogP contribution < -0.4 is 10.7 Å². The summed E-state index contributed by atoms with van der Waals surface area (Å²) < 4.78 is 13.1. The van der Waals surface area contributed by atoms with E-state index in [-0.39, 0.29) is 12.1 Å². The molecule has 0 spiro atoms. The van der Waals surface area contributed by atoms with E-state index in [1.54, 1.807) is 6.20 Å². The number of H-pyrrole nitrogens is 1. The van der Waals surface area contributed by atoms with Crippen LogP contribution in [-0.2, 0) is 4.79 Å². The second-order valence-electron chi connectivity index (χ2n) is 5.55. The lowest BCUT2D eigenvalue weighted by Crippen LogP contribution is -2.34. The van der Waals surface area contributed by atoms with Gasteiger partial charge in [-0.3, -0.25) is 14.7 Å². The van der Waals surface area contributed by atoms with E-state index in [1.807, 2.05) is 30.3 Å². The van der Waals surface area contributed by atoms with Crippen LogP contribution in [0.4, 0.5) is 4.39 Å². The highest BCUT2D eigenvalue weighted by molar-refractivity contribution is 5.96. The maximum absolute atomic E-state index is 13.1. The summed E-state index contributed by atoms with van der Waals surface area (Å²) in [5.74, 6) is -1.58. The van der Waals surface area contributed by atoms with Crippen molar-refractivity contribution in [1.29, 1.82) is 0 Å². The number of nitrogens with one attached hydrogen (secondary N) is 3. The fraction of sp³-hybridized carbons (Fsp3) is 0.0526. The third kappa shape index (κ3) is 4.85. The molecule has 27 heavy (non-hydrogen) atoms. The second kappa shape index (κ2) is 8.52. The van der Waals surface area contributed by atoms with Gasteiger partial charge in [0, 0.05) is 16.7 Å². The molecular weight excluding hydrogens is 349 g/mol. The highest BCUT2D eigenvalue weighted by Gasteiger charge is 2.09. The molecular formula is C19H16FN5O2. The molecule has 0 fully saturated rings. The molecule has 0 radical (unpaired) electrons. The first-order chi connectivity index (χ1) is 13.1. The monoisotopic (exact) mass is 365 g/mol. The van der Waals surface area contributed by atoms with Gasteiger partial charge < -0.3 is 5.32 Å². The quantitative estimate of drug-likeness (QED) is 0.461. The van der Waals surface area contributed by atoms with Gasteiger partial charge >= 0.3 is 0 Å². The van der Waals surface area contributed by atoms with Crippen molar-refractivity contribution in [3.05, 3.63) is 77.7 Å². The number of carbonyl (C=O) groups excluding carboxylic acids is 2. The molecule has 2 aromatic carbocycles. The fourth-order valence-corrected chi connectivity index (χ4v) is 2.34. The average Bonchev–Trinajstić information content (AvgIpc) is 3.15. The van der Waals surface area contributed by atoms with Crippen LogP contribution in [0.1, 0.15) is 15.9 Å². The van der Waals surface area contributed by atoms with E-state index >= 15 is 0 Å². The number of hydrogen-bond donors (Lipinski definition) is 3. The molecule has 1 aromatic heterocycles. The van der Waals surface area contributed by atoms with Gasteiger partial charge in [0.2, 0.25) is 0 Å². The lowest BCUT2D eigenvalue weighted by atomic mass is 10.1. The van der Waals surface area contributed by atoms with E-state index in [9.17, 15) is 14.0 Å². The van der Waals surface area contributed by atoms with Crippen molar-refractivity contribution < 1.29 is 14.0 Å². The summed E-state index contributed by atoms with van der Waals surface area (Å²) in [6, 6.07) is 14.8. The number of amides is 2. The number of aromatic nitrogens is 2. The molecule has 3 rings (SSSR count). The van der Waals surface area contributed by atoms with Gasteiger partial charge in [0.1, 0.15) is 5.82 Å². The number of aromatic amines is 1. The van der Waals surface area contributed by atoms with E-state index in [1.165, 1.54) is 24.4 Å². The summed E-state index contributed by atoms with van der Waals surface area (Å²) in [5.41, 5.74) is 4.86. The number of carbonyl (C=O) groups is 2. The van der Waals surface area contributed by atoms with Gasteiger partial charge in [-0.1, -0.05) is 36.4 Å².